The molecule has 0 aliphatic carbocycles. The van der Waals surface area contributed by atoms with Crippen LogP contribution in [0.1, 0.15) is 0 Å². The molecule has 1 aromatic carbocycles. The van der Waals surface area contributed by atoms with Crippen molar-refractivity contribution in [1.82, 2.24) is 9.55 Å². The molecule has 0 N–H and O–H groups in total. The third kappa shape index (κ3) is 1.59. The Kier molecular flexibility index (Phi) is 2.55. The molecule has 0 saturated heterocycles. The van der Waals surface area contributed by atoms with Crippen LogP contribution in [0.15, 0.2) is 41.8 Å². The summed E-state index contributed by atoms with van der Waals surface area (Å²) in [5.41, 5.74) is -0.0844. The Hall–Kier alpha value is -1.60. The molecule has 0 bridgehead atoms. The van der Waals surface area contributed by atoms with E-state index in [0.29, 0.717) is 22.7 Å². The van der Waals surface area contributed by atoms with Crippen LogP contribution in [0, 0.1) is 0 Å². The van der Waals surface area contributed by atoms with Crippen LogP contribution >= 0.6 is 27.7 Å². The number of hydrogen-bond donors (Lipinski definition) is 0. The van der Waals surface area contributed by atoms with E-state index in [1.807, 2.05) is 0 Å². The molecule has 0 spiro atoms. The van der Waals surface area contributed by atoms with Gasteiger partial charge < -0.3 is 4.42 Å². The van der Waals surface area contributed by atoms with Crippen LogP contribution < -0.4 is 11.0 Å². The molecule has 100 valence electrons. The molecule has 3 aromatic rings. The second-order valence-electron chi connectivity index (χ2n) is 4.45. The van der Waals surface area contributed by atoms with Gasteiger partial charge in [-0.05, 0) is 18.2 Å². The van der Waals surface area contributed by atoms with Crippen LogP contribution in [-0.2, 0) is 6.54 Å². The van der Waals surface area contributed by atoms with Gasteiger partial charge in [0.15, 0.2) is 10.5 Å². The highest BCUT2D eigenvalue weighted by molar-refractivity contribution is 9.10. The third-order valence-corrected chi connectivity index (χ3v) is 4.72. The lowest BCUT2D eigenvalue weighted by Crippen LogP contribution is -2.25. The summed E-state index contributed by atoms with van der Waals surface area (Å²) >= 11 is 4.81. The van der Waals surface area contributed by atoms with E-state index in [-0.39, 0.29) is 22.1 Å². The first-order valence-electron chi connectivity index (χ1n) is 5.95. The zero-order valence-corrected chi connectivity index (χ0v) is 12.5. The minimum Gasteiger partial charge on any atom is -0.437 e. The van der Waals surface area contributed by atoms with Gasteiger partial charge in [-0.1, -0.05) is 27.7 Å². The maximum atomic E-state index is 12.5. The van der Waals surface area contributed by atoms with Crippen molar-refractivity contribution < 1.29 is 4.42 Å². The van der Waals surface area contributed by atoms with Crippen LogP contribution in [0.2, 0.25) is 0 Å². The predicted octanol–water partition coefficient (Wildman–Crippen LogP) is 2.37. The molecule has 20 heavy (non-hydrogen) atoms. The van der Waals surface area contributed by atoms with Crippen molar-refractivity contribution in [3.8, 4) is 0 Å². The molecule has 5 nitrogen and oxygen atoms in total. The Morgan fingerprint density at radius 1 is 1.35 bits per heavy atom. The summed E-state index contributed by atoms with van der Waals surface area (Å²) in [6.07, 6.45) is 0. The molecule has 0 radical (unpaired) electrons. The van der Waals surface area contributed by atoms with Crippen LogP contribution in [0.25, 0.3) is 22.1 Å². The monoisotopic (exact) mass is 350 g/mol. The summed E-state index contributed by atoms with van der Waals surface area (Å²) in [5.74, 6) is 0.790. The SMILES string of the molecule is O=c1c2cc(Br)ccc2oc2nc3n(c(=O)c12)CCS3. The summed E-state index contributed by atoms with van der Waals surface area (Å²) in [7, 11) is 0. The van der Waals surface area contributed by atoms with Gasteiger partial charge in [-0.3, -0.25) is 14.2 Å². The molecule has 0 saturated carbocycles. The fraction of sp³-hybridized carbons (Fsp3) is 0.154. The number of halogens is 1. The van der Waals surface area contributed by atoms with Crippen molar-refractivity contribution in [3.05, 3.63) is 43.2 Å². The van der Waals surface area contributed by atoms with E-state index < -0.39 is 0 Å². The van der Waals surface area contributed by atoms with E-state index in [1.54, 1.807) is 18.2 Å². The Morgan fingerprint density at radius 3 is 3.05 bits per heavy atom. The fourth-order valence-corrected chi connectivity index (χ4v) is 3.62. The van der Waals surface area contributed by atoms with E-state index in [0.717, 1.165) is 10.2 Å². The Bertz CT molecular complexity index is 993. The van der Waals surface area contributed by atoms with Crippen LogP contribution in [0.3, 0.4) is 0 Å². The summed E-state index contributed by atoms with van der Waals surface area (Å²) in [4.78, 5) is 29.2. The third-order valence-electron chi connectivity index (χ3n) is 3.27. The van der Waals surface area contributed by atoms with Gasteiger partial charge >= 0.3 is 0 Å². The largest absolute Gasteiger partial charge is 0.437 e. The molecule has 3 heterocycles. The first-order chi connectivity index (χ1) is 9.65. The van der Waals surface area contributed by atoms with Crippen molar-refractivity contribution in [2.75, 3.05) is 5.75 Å². The fourth-order valence-electron chi connectivity index (χ4n) is 2.33. The van der Waals surface area contributed by atoms with Crippen LogP contribution in [-0.4, -0.2) is 15.3 Å². The first kappa shape index (κ1) is 12.2. The highest BCUT2D eigenvalue weighted by Gasteiger charge is 2.21. The summed E-state index contributed by atoms with van der Waals surface area (Å²) in [5, 5.41) is 1.03. The van der Waals surface area contributed by atoms with Gasteiger partial charge in [0, 0.05) is 16.8 Å². The predicted molar refractivity (Wildman–Crippen MR) is 80.5 cm³/mol. The highest BCUT2D eigenvalue weighted by atomic mass is 79.9. The number of hydrogen-bond acceptors (Lipinski definition) is 5. The molecule has 1 aliphatic rings. The van der Waals surface area contributed by atoms with Gasteiger partial charge in [-0.15, -0.1) is 0 Å². The van der Waals surface area contributed by atoms with Gasteiger partial charge in [-0.2, -0.15) is 4.98 Å². The van der Waals surface area contributed by atoms with E-state index in [9.17, 15) is 9.59 Å². The molecule has 1 aliphatic heterocycles. The number of thioether (sulfide) groups is 1. The minimum absolute atomic E-state index is 0.0295. The summed E-state index contributed by atoms with van der Waals surface area (Å²) < 4.78 is 7.93. The van der Waals surface area contributed by atoms with E-state index in [1.165, 1.54) is 16.3 Å². The van der Waals surface area contributed by atoms with Crippen LogP contribution in [0.4, 0.5) is 0 Å². The summed E-state index contributed by atoms with van der Waals surface area (Å²) in [6, 6.07) is 5.14. The number of fused-ring (bicyclic) bond motifs is 3. The average Bonchev–Trinajstić information content (AvgIpc) is 2.88. The lowest BCUT2D eigenvalue weighted by atomic mass is 10.2. The second-order valence-corrected chi connectivity index (χ2v) is 6.43. The quantitative estimate of drug-likeness (QED) is 0.460. The molecule has 0 amide bonds. The van der Waals surface area contributed by atoms with Crippen molar-refractivity contribution >= 4 is 49.8 Å². The molecule has 7 heteroatoms. The standard InChI is InChI=1S/C13H7BrN2O3S/c14-6-1-2-8-7(5-6)10(17)9-11(19-8)15-13-16(12(9)18)3-4-20-13/h1-2,5H,3-4H2. The Labute approximate surface area is 124 Å². The van der Waals surface area contributed by atoms with E-state index >= 15 is 0 Å². The maximum absolute atomic E-state index is 12.5. The van der Waals surface area contributed by atoms with Crippen molar-refractivity contribution in [2.45, 2.75) is 11.7 Å². The van der Waals surface area contributed by atoms with Gasteiger partial charge in [0.05, 0.1) is 5.39 Å². The van der Waals surface area contributed by atoms with Gasteiger partial charge in [-0.25, -0.2) is 0 Å². The Balaban J connectivity index is 2.28. The Morgan fingerprint density at radius 2 is 2.20 bits per heavy atom. The second kappa shape index (κ2) is 4.20. The lowest BCUT2D eigenvalue weighted by molar-refractivity contribution is 0.606. The average molecular weight is 351 g/mol. The highest BCUT2D eigenvalue weighted by Crippen LogP contribution is 2.25. The maximum Gasteiger partial charge on any atom is 0.269 e. The van der Waals surface area contributed by atoms with Crippen LogP contribution in [0.5, 0.6) is 0 Å². The number of rotatable bonds is 0. The van der Waals surface area contributed by atoms with Crippen molar-refractivity contribution in [1.29, 1.82) is 0 Å². The number of nitrogens with zero attached hydrogens (tertiary/aromatic N) is 2. The van der Waals surface area contributed by atoms with Gasteiger partial charge in [0.1, 0.15) is 5.58 Å². The molecule has 4 rings (SSSR count). The minimum atomic E-state index is -0.327. The molecular formula is C13H7BrN2O3S. The molecule has 0 unspecified atom stereocenters. The summed E-state index contributed by atoms with van der Waals surface area (Å²) in [6.45, 7) is 0.581. The lowest BCUT2D eigenvalue weighted by Gasteiger charge is -2.04. The van der Waals surface area contributed by atoms with E-state index in [2.05, 4.69) is 20.9 Å². The molecule has 2 aromatic heterocycles. The normalized spacial score (nSPS) is 14.1. The zero-order chi connectivity index (χ0) is 13.9. The first-order valence-corrected chi connectivity index (χ1v) is 7.73. The molecule has 0 fully saturated rings. The van der Waals surface area contributed by atoms with Gasteiger partial charge in [0.2, 0.25) is 11.1 Å². The molecule has 0 atom stereocenters. The number of aromatic nitrogens is 2. The number of benzene rings is 1. The van der Waals surface area contributed by atoms with Crippen molar-refractivity contribution in [3.63, 3.8) is 0 Å². The van der Waals surface area contributed by atoms with Crippen molar-refractivity contribution in [2.24, 2.45) is 0 Å². The van der Waals surface area contributed by atoms with Gasteiger partial charge in [0.25, 0.3) is 5.56 Å². The van der Waals surface area contributed by atoms with E-state index in [4.69, 9.17) is 4.42 Å². The zero-order valence-electron chi connectivity index (χ0n) is 10.1. The topological polar surface area (TPSA) is 65.1 Å². The smallest absolute Gasteiger partial charge is 0.269 e. The molecular weight excluding hydrogens is 344 g/mol.